The van der Waals surface area contributed by atoms with Crippen LogP contribution in [0.5, 0.6) is 5.75 Å². The number of benzene rings is 1. The van der Waals surface area contributed by atoms with E-state index in [1.807, 2.05) is 29.7 Å². The Bertz CT molecular complexity index is 1010. The molecule has 0 atom stereocenters. The summed E-state index contributed by atoms with van der Waals surface area (Å²) >= 11 is 0. The highest BCUT2D eigenvalue weighted by Crippen LogP contribution is 2.25. The summed E-state index contributed by atoms with van der Waals surface area (Å²) in [6.07, 6.45) is 2.09. The zero-order chi connectivity index (χ0) is 21.6. The topological polar surface area (TPSA) is 95.7 Å². The number of fused-ring (bicyclic) bond motifs is 1. The van der Waals surface area contributed by atoms with Gasteiger partial charge in [-0.1, -0.05) is 6.07 Å². The Labute approximate surface area is 182 Å². The quantitative estimate of drug-likeness (QED) is 0.477. The highest BCUT2D eigenvalue weighted by molar-refractivity contribution is 5.79. The lowest BCUT2D eigenvalue weighted by molar-refractivity contribution is 0.141. The van der Waals surface area contributed by atoms with Gasteiger partial charge in [-0.05, 0) is 56.1 Å². The van der Waals surface area contributed by atoms with Crippen molar-refractivity contribution in [3.63, 3.8) is 0 Å². The molecule has 2 aromatic heterocycles. The van der Waals surface area contributed by atoms with Crippen molar-refractivity contribution in [1.29, 1.82) is 0 Å². The standard InChI is InChI=1S/C23H31N5O3/c1-17-4-7-22(30)20(25-17)15-28-21-6-5-18(16-29)14-19(21)26-23(28)24-8-2-9-27-10-3-12-31-13-11-27/h4-7,14,29-30H,2-3,8-13,15-16H2,1H3,(H,24,26). The molecule has 3 aromatic rings. The number of rotatable bonds is 8. The molecule has 0 radical (unpaired) electrons. The smallest absolute Gasteiger partial charge is 0.204 e. The summed E-state index contributed by atoms with van der Waals surface area (Å²) in [5.41, 5.74) is 4.04. The van der Waals surface area contributed by atoms with Gasteiger partial charge in [0.05, 0.1) is 30.8 Å². The number of ether oxygens (including phenoxy) is 1. The zero-order valence-corrected chi connectivity index (χ0v) is 18.0. The Morgan fingerprint density at radius 2 is 2.03 bits per heavy atom. The van der Waals surface area contributed by atoms with Crippen LogP contribution in [0.15, 0.2) is 30.3 Å². The van der Waals surface area contributed by atoms with E-state index in [1.165, 1.54) is 0 Å². The Kier molecular flexibility index (Phi) is 7.01. The molecule has 0 spiro atoms. The monoisotopic (exact) mass is 425 g/mol. The lowest BCUT2D eigenvalue weighted by Crippen LogP contribution is -2.28. The van der Waals surface area contributed by atoms with Crippen LogP contribution < -0.4 is 5.32 Å². The number of aliphatic hydroxyl groups is 1. The molecule has 0 amide bonds. The third kappa shape index (κ3) is 5.33. The van der Waals surface area contributed by atoms with Crippen LogP contribution in [0.3, 0.4) is 0 Å². The molecule has 0 bridgehead atoms. The van der Waals surface area contributed by atoms with Crippen molar-refractivity contribution in [2.75, 3.05) is 44.7 Å². The largest absolute Gasteiger partial charge is 0.506 e. The number of nitrogens with zero attached hydrogens (tertiary/aromatic N) is 4. The van der Waals surface area contributed by atoms with Gasteiger partial charge in [0.2, 0.25) is 5.95 Å². The van der Waals surface area contributed by atoms with Crippen molar-refractivity contribution >= 4 is 17.0 Å². The maximum Gasteiger partial charge on any atom is 0.204 e. The number of anilines is 1. The molecule has 166 valence electrons. The van der Waals surface area contributed by atoms with Gasteiger partial charge < -0.3 is 29.7 Å². The van der Waals surface area contributed by atoms with Gasteiger partial charge in [-0.2, -0.15) is 0 Å². The number of hydrogen-bond donors (Lipinski definition) is 3. The van der Waals surface area contributed by atoms with Crippen LogP contribution in [0, 0.1) is 6.92 Å². The van der Waals surface area contributed by atoms with Gasteiger partial charge in [-0.3, -0.25) is 4.98 Å². The number of nitrogens with one attached hydrogen (secondary N) is 1. The van der Waals surface area contributed by atoms with Crippen LogP contribution in [0.4, 0.5) is 5.95 Å². The Balaban J connectivity index is 1.51. The Morgan fingerprint density at radius 1 is 1.13 bits per heavy atom. The molecule has 31 heavy (non-hydrogen) atoms. The fourth-order valence-corrected chi connectivity index (χ4v) is 3.96. The van der Waals surface area contributed by atoms with Crippen LogP contribution in [-0.2, 0) is 17.9 Å². The molecular weight excluding hydrogens is 394 g/mol. The van der Waals surface area contributed by atoms with Crippen molar-refractivity contribution in [2.24, 2.45) is 0 Å². The maximum atomic E-state index is 10.3. The Morgan fingerprint density at radius 3 is 2.90 bits per heavy atom. The van der Waals surface area contributed by atoms with Crippen molar-refractivity contribution in [1.82, 2.24) is 19.4 Å². The van der Waals surface area contributed by atoms with Crippen LogP contribution in [0.2, 0.25) is 0 Å². The van der Waals surface area contributed by atoms with Gasteiger partial charge >= 0.3 is 0 Å². The van der Waals surface area contributed by atoms with E-state index in [9.17, 15) is 10.2 Å². The van der Waals surface area contributed by atoms with E-state index < -0.39 is 0 Å². The van der Waals surface area contributed by atoms with E-state index in [0.717, 1.165) is 80.5 Å². The van der Waals surface area contributed by atoms with Crippen molar-refractivity contribution in [3.05, 3.63) is 47.3 Å². The van der Waals surface area contributed by atoms with Crippen molar-refractivity contribution in [2.45, 2.75) is 32.9 Å². The second-order valence-corrected chi connectivity index (χ2v) is 8.01. The Hall–Kier alpha value is -2.68. The normalized spacial score (nSPS) is 15.3. The lowest BCUT2D eigenvalue weighted by atomic mass is 10.2. The SMILES string of the molecule is Cc1ccc(O)c(Cn2c(NCCCN3CCCOCC3)nc3cc(CO)ccc32)n1. The molecule has 1 aromatic carbocycles. The molecule has 1 aliphatic heterocycles. The molecule has 0 unspecified atom stereocenters. The predicted octanol–water partition coefficient (Wildman–Crippen LogP) is 2.51. The molecule has 8 nitrogen and oxygen atoms in total. The zero-order valence-electron chi connectivity index (χ0n) is 18.0. The van der Waals surface area contributed by atoms with Gasteiger partial charge in [0.1, 0.15) is 11.4 Å². The number of pyridine rings is 1. The lowest BCUT2D eigenvalue weighted by Gasteiger charge is -2.19. The molecule has 1 saturated heterocycles. The number of aliphatic hydroxyl groups excluding tert-OH is 1. The number of aromatic nitrogens is 3. The summed E-state index contributed by atoms with van der Waals surface area (Å²) in [7, 11) is 0. The summed E-state index contributed by atoms with van der Waals surface area (Å²) in [6.45, 7) is 7.85. The minimum atomic E-state index is -0.0225. The van der Waals surface area contributed by atoms with Gasteiger partial charge in [0.15, 0.2) is 0 Å². The van der Waals surface area contributed by atoms with E-state index >= 15 is 0 Å². The van der Waals surface area contributed by atoms with E-state index in [1.54, 1.807) is 12.1 Å². The molecule has 1 fully saturated rings. The minimum absolute atomic E-state index is 0.0225. The van der Waals surface area contributed by atoms with Crippen molar-refractivity contribution in [3.8, 4) is 5.75 Å². The van der Waals surface area contributed by atoms with Gasteiger partial charge in [0.25, 0.3) is 0 Å². The van der Waals surface area contributed by atoms with Gasteiger partial charge in [-0.25, -0.2) is 4.98 Å². The molecular formula is C23H31N5O3. The maximum absolute atomic E-state index is 10.3. The first-order chi connectivity index (χ1) is 15.1. The minimum Gasteiger partial charge on any atom is -0.506 e. The van der Waals surface area contributed by atoms with E-state index in [2.05, 4.69) is 15.2 Å². The first-order valence-corrected chi connectivity index (χ1v) is 10.9. The molecule has 3 N–H and O–H groups in total. The summed E-state index contributed by atoms with van der Waals surface area (Å²) < 4.78 is 7.57. The second kappa shape index (κ2) is 10.1. The first-order valence-electron chi connectivity index (χ1n) is 10.9. The molecule has 4 rings (SSSR count). The third-order valence-electron chi connectivity index (χ3n) is 5.64. The summed E-state index contributed by atoms with van der Waals surface area (Å²) in [6, 6.07) is 9.24. The van der Waals surface area contributed by atoms with Crippen LogP contribution in [0.1, 0.15) is 29.8 Å². The fraction of sp³-hybridized carbons (Fsp3) is 0.478. The van der Waals surface area contributed by atoms with Gasteiger partial charge in [-0.15, -0.1) is 0 Å². The molecule has 1 aliphatic rings. The molecule has 3 heterocycles. The summed E-state index contributed by atoms with van der Waals surface area (Å²) in [5.74, 6) is 0.917. The fourth-order valence-electron chi connectivity index (χ4n) is 3.96. The number of imidazole rings is 1. The van der Waals surface area contributed by atoms with Crippen molar-refractivity contribution < 1.29 is 14.9 Å². The van der Waals surface area contributed by atoms with Crippen LogP contribution in [-0.4, -0.2) is 69.0 Å². The average Bonchev–Trinajstić information content (AvgIpc) is 2.92. The number of aromatic hydroxyl groups is 1. The summed E-state index contributed by atoms with van der Waals surface area (Å²) in [4.78, 5) is 11.7. The van der Waals surface area contributed by atoms with Crippen LogP contribution in [0.25, 0.3) is 11.0 Å². The second-order valence-electron chi connectivity index (χ2n) is 8.01. The average molecular weight is 426 g/mol. The third-order valence-corrected chi connectivity index (χ3v) is 5.64. The van der Waals surface area contributed by atoms with E-state index in [-0.39, 0.29) is 12.4 Å². The first kappa shape index (κ1) is 21.5. The van der Waals surface area contributed by atoms with Gasteiger partial charge in [0, 0.05) is 31.9 Å². The highest BCUT2D eigenvalue weighted by atomic mass is 16.5. The number of aryl methyl sites for hydroxylation is 1. The predicted molar refractivity (Wildman–Crippen MR) is 120 cm³/mol. The van der Waals surface area contributed by atoms with E-state index in [0.29, 0.717) is 12.2 Å². The number of hydrogen-bond acceptors (Lipinski definition) is 7. The highest BCUT2D eigenvalue weighted by Gasteiger charge is 2.15. The van der Waals surface area contributed by atoms with E-state index in [4.69, 9.17) is 9.72 Å². The summed E-state index contributed by atoms with van der Waals surface area (Å²) in [5, 5.41) is 23.3. The molecule has 8 heteroatoms. The molecule has 0 saturated carbocycles. The van der Waals surface area contributed by atoms with Crippen LogP contribution >= 0.6 is 0 Å². The molecule has 0 aliphatic carbocycles.